The number of halogens is 2. The molecular formula is C26H22Cl2N4. The molecular weight excluding hydrogens is 439 g/mol. The van der Waals surface area contributed by atoms with E-state index in [4.69, 9.17) is 28.2 Å². The summed E-state index contributed by atoms with van der Waals surface area (Å²) in [7, 11) is 0. The van der Waals surface area contributed by atoms with Crippen molar-refractivity contribution >= 4 is 28.8 Å². The van der Waals surface area contributed by atoms with Crippen LogP contribution in [0.15, 0.2) is 79.3 Å². The molecule has 0 aliphatic heterocycles. The number of aryl methyl sites for hydroxylation is 1. The van der Waals surface area contributed by atoms with Gasteiger partial charge in [-0.3, -0.25) is 0 Å². The van der Waals surface area contributed by atoms with Gasteiger partial charge in [-0.15, -0.1) is 11.6 Å². The van der Waals surface area contributed by atoms with Gasteiger partial charge in [0.15, 0.2) is 0 Å². The van der Waals surface area contributed by atoms with Crippen molar-refractivity contribution in [3.63, 3.8) is 0 Å². The molecule has 0 saturated carbocycles. The van der Waals surface area contributed by atoms with Crippen LogP contribution >= 0.6 is 23.2 Å². The first kappa shape index (κ1) is 20.9. The number of rotatable bonds is 8. The predicted octanol–water partition coefficient (Wildman–Crippen LogP) is 6.55. The maximum Gasteiger partial charge on any atom is 0.137 e. The quantitative estimate of drug-likeness (QED) is 0.280. The summed E-state index contributed by atoms with van der Waals surface area (Å²) >= 11 is 12.2. The largest absolute Gasteiger partial charge is 0.322 e. The molecule has 1 aliphatic rings. The second-order valence-electron chi connectivity index (χ2n) is 7.83. The van der Waals surface area contributed by atoms with E-state index in [1.54, 1.807) is 12.5 Å². The van der Waals surface area contributed by atoms with E-state index in [-0.39, 0.29) is 0 Å². The molecule has 160 valence electrons. The van der Waals surface area contributed by atoms with Crippen LogP contribution in [-0.2, 0) is 13.0 Å². The maximum absolute atomic E-state index is 6.16. The van der Waals surface area contributed by atoms with Crippen LogP contribution < -0.4 is 0 Å². The smallest absolute Gasteiger partial charge is 0.137 e. The molecule has 1 atom stereocenters. The minimum atomic E-state index is 0.390. The van der Waals surface area contributed by atoms with Gasteiger partial charge in [0.25, 0.3) is 0 Å². The summed E-state index contributed by atoms with van der Waals surface area (Å²) in [6.07, 6.45) is 7.45. The van der Waals surface area contributed by atoms with Gasteiger partial charge < -0.3 is 4.57 Å². The summed E-state index contributed by atoms with van der Waals surface area (Å²) < 4.78 is 2.30. The van der Waals surface area contributed by atoms with Gasteiger partial charge in [0.05, 0.1) is 17.1 Å². The van der Waals surface area contributed by atoms with Crippen molar-refractivity contribution in [2.75, 3.05) is 5.88 Å². The van der Waals surface area contributed by atoms with Crippen LogP contribution in [0.3, 0.4) is 0 Å². The number of alkyl halides is 1. The lowest BCUT2D eigenvalue weighted by Gasteiger charge is -2.12. The molecule has 6 heteroatoms. The molecule has 0 bridgehead atoms. The van der Waals surface area contributed by atoms with Crippen molar-refractivity contribution < 1.29 is 0 Å². The number of benzene rings is 2. The third-order valence-corrected chi connectivity index (χ3v) is 6.20. The molecule has 1 unspecified atom stereocenters. The van der Waals surface area contributed by atoms with Crippen LogP contribution in [0.1, 0.15) is 17.8 Å². The predicted molar refractivity (Wildman–Crippen MR) is 131 cm³/mol. The second kappa shape index (κ2) is 9.27. The first-order valence-corrected chi connectivity index (χ1v) is 11.6. The number of nitrogens with zero attached hydrogens (tertiary/aromatic N) is 4. The van der Waals surface area contributed by atoms with Crippen molar-refractivity contribution in [1.29, 1.82) is 0 Å². The van der Waals surface area contributed by atoms with E-state index in [1.807, 2.05) is 36.4 Å². The Hall–Kier alpha value is -2.95. The normalized spacial score (nSPS) is 14.9. The lowest BCUT2D eigenvalue weighted by Crippen LogP contribution is -2.07. The van der Waals surface area contributed by atoms with Gasteiger partial charge in [0.1, 0.15) is 12.2 Å². The maximum atomic E-state index is 6.16. The topological polar surface area (TPSA) is 43.6 Å². The van der Waals surface area contributed by atoms with Crippen LogP contribution in [0.4, 0.5) is 0 Å². The van der Waals surface area contributed by atoms with Crippen molar-refractivity contribution in [2.45, 2.75) is 19.4 Å². The molecule has 4 aromatic rings. The lowest BCUT2D eigenvalue weighted by atomic mass is 10.1. The van der Waals surface area contributed by atoms with Crippen LogP contribution in [0.5, 0.6) is 0 Å². The Bertz CT molecular complexity index is 1230. The van der Waals surface area contributed by atoms with E-state index < -0.39 is 0 Å². The highest BCUT2D eigenvalue weighted by Crippen LogP contribution is 2.44. The Morgan fingerprint density at radius 1 is 0.969 bits per heavy atom. The average Bonchev–Trinajstić information content (AvgIpc) is 3.49. The summed E-state index contributed by atoms with van der Waals surface area (Å²) in [5.41, 5.74) is 6.31. The molecule has 2 aromatic carbocycles. The van der Waals surface area contributed by atoms with Crippen LogP contribution in [-0.4, -0.2) is 25.4 Å². The molecule has 0 amide bonds. The Morgan fingerprint density at radius 3 is 2.50 bits per heavy atom. The molecule has 0 radical (unpaired) electrons. The van der Waals surface area contributed by atoms with Crippen LogP contribution in [0.2, 0.25) is 5.02 Å². The number of hydrogen-bond donors (Lipinski definition) is 0. The van der Waals surface area contributed by atoms with E-state index in [0.717, 1.165) is 47.9 Å². The monoisotopic (exact) mass is 460 g/mol. The van der Waals surface area contributed by atoms with E-state index >= 15 is 0 Å². The van der Waals surface area contributed by atoms with Gasteiger partial charge in [0, 0.05) is 35.1 Å². The Labute approximate surface area is 197 Å². The highest BCUT2D eigenvalue weighted by molar-refractivity contribution is 6.30. The highest BCUT2D eigenvalue weighted by Gasteiger charge is 2.32. The Kier molecular flexibility index (Phi) is 6.06. The van der Waals surface area contributed by atoms with E-state index in [0.29, 0.717) is 16.8 Å². The zero-order valence-electron chi connectivity index (χ0n) is 17.5. The SMILES string of the molecule is ClCCC1C=C1c1nc(-c2ccc(Cl)cc2)c(-c2ccncn2)n1CCc1ccccc1. The summed E-state index contributed by atoms with van der Waals surface area (Å²) in [6, 6.07) is 20.3. The lowest BCUT2D eigenvalue weighted by molar-refractivity contribution is 0.688. The zero-order chi connectivity index (χ0) is 21.9. The van der Waals surface area contributed by atoms with E-state index in [2.05, 4.69) is 44.9 Å². The van der Waals surface area contributed by atoms with Gasteiger partial charge >= 0.3 is 0 Å². The molecule has 5 rings (SSSR count). The van der Waals surface area contributed by atoms with Crippen molar-refractivity contribution in [1.82, 2.24) is 19.5 Å². The summed E-state index contributed by atoms with van der Waals surface area (Å²) in [4.78, 5) is 13.8. The number of hydrogen-bond acceptors (Lipinski definition) is 3. The number of allylic oxidation sites excluding steroid dienone is 2. The molecule has 2 aromatic heterocycles. The van der Waals surface area contributed by atoms with Crippen molar-refractivity contribution in [2.24, 2.45) is 5.92 Å². The Morgan fingerprint density at radius 2 is 1.78 bits per heavy atom. The van der Waals surface area contributed by atoms with Gasteiger partial charge in [0.2, 0.25) is 0 Å². The number of imidazole rings is 1. The van der Waals surface area contributed by atoms with Crippen molar-refractivity contribution in [3.05, 3.63) is 95.7 Å². The fourth-order valence-electron chi connectivity index (χ4n) is 4.04. The van der Waals surface area contributed by atoms with E-state index in [9.17, 15) is 0 Å². The van der Waals surface area contributed by atoms with Gasteiger partial charge in [-0.05, 0) is 42.2 Å². The van der Waals surface area contributed by atoms with Crippen LogP contribution in [0.25, 0.3) is 28.2 Å². The molecule has 32 heavy (non-hydrogen) atoms. The van der Waals surface area contributed by atoms with Gasteiger partial charge in [-0.1, -0.05) is 60.1 Å². The fraction of sp³-hybridized carbons (Fsp3) is 0.192. The minimum absolute atomic E-state index is 0.390. The van der Waals surface area contributed by atoms with Crippen LogP contribution in [0, 0.1) is 5.92 Å². The minimum Gasteiger partial charge on any atom is -0.322 e. The van der Waals surface area contributed by atoms with Crippen molar-refractivity contribution in [3.8, 4) is 22.6 Å². The highest BCUT2D eigenvalue weighted by atomic mass is 35.5. The van der Waals surface area contributed by atoms with E-state index in [1.165, 1.54) is 11.1 Å². The number of aromatic nitrogens is 4. The summed E-state index contributed by atoms with van der Waals surface area (Å²) in [6.45, 7) is 0.796. The van der Waals surface area contributed by atoms with Gasteiger partial charge in [-0.2, -0.15) is 0 Å². The molecule has 0 spiro atoms. The molecule has 0 saturated heterocycles. The Balaban J connectivity index is 1.64. The third kappa shape index (κ3) is 4.34. The molecule has 2 heterocycles. The first-order valence-electron chi connectivity index (χ1n) is 10.7. The summed E-state index contributed by atoms with van der Waals surface area (Å²) in [5.74, 6) is 2.02. The summed E-state index contributed by atoms with van der Waals surface area (Å²) in [5, 5.41) is 0.702. The zero-order valence-corrected chi connectivity index (χ0v) is 19.0. The standard InChI is InChI=1S/C26H22Cl2N4/c27-13-10-20-16-22(20)26-31-24(19-6-8-21(28)9-7-19)25(23-11-14-29-17-30-23)32(26)15-12-18-4-2-1-3-5-18/h1-9,11,14,16-17,20H,10,12-13,15H2. The van der Waals surface area contributed by atoms with Gasteiger partial charge in [-0.25, -0.2) is 15.0 Å². The molecule has 4 nitrogen and oxygen atoms in total. The average molecular weight is 461 g/mol. The third-order valence-electron chi connectivity index (χ3n) is 5.73. The molecule has 1 aliphatic carbocycles. The second-order valence-corrected chi connectivity index (χ2v) is 8.64. The fourth-order valence-corrected chi connectivity index (χ4v) is 4.40. The first-order chi connectivity index (χ1) is 15.7. The molecule has 0 N–H and O–H groups in total. The molecule has 0 fully saturated rings.